The molecule has 3 aliphatic rings. The lowest BCUT2D eigenvalue weighted by Gasteiger charge is -2.44. The van der Waals surface area contributed by atoms with E-state index >= 15 is 0 Å². The maximum Gasteiger partial charge on any atom is 0.251 e. The van der Waals surface area contributed by atoms with Gasteiger partial charge in [0.2, 0.25) is 0 Å². The molecule has 0 radical (unpaired) electrons. The number of amides is 1. The van der Waals surface area contributed by atoms with Crippen molar-refractivity contribution in [2.75, 3.05) is 19.6 Å². The number of nitrogens with one attached hydrogen (secondary N) is 1. The van der Waals surface area contributed by atoms with Crippen molar-refractivity contribution in [2.24, 2.45) is 5.92 Å². The van der Waals surface area contributed by atoms with Crippen LogP contribution in [0.2, 0.25) is 0 Å². The van der Waals surface area contributed by atoms with Crippen molar-refractivity contribution in [2.45, 2.75) is 28.1 Å². The van der Waals surface area contributed by atoms with Crippen molar-refractivity contribution in [3.63, 3.8) is 0 Å². The Balaban J connectivity index is 1.38. The van der Waals surface area contributed by atoms with Gasteiger partial charge >= 0.3 is 0 Å². The molecule has 1 aromatic heterocycles. The van der Waals surface area contributed by atoms with Crippen LogP contribution in [0, 0.1) is 17.2 Å². The molecule has 0 saturated carbocycles. The first-order valence-corrected chi connectivity index (χ1v) is 10.0. The molecule has 2 aromatic rings. The molecule has 2 bridgehead atoms. The Morgan fingerprint density at radius 2 is 2.08 bits per heavy atom. The van der Waals surface area contributed by atoms with Crippen LogP contribution in [0.25, 0.3) is 0 Å². The van der Waals surface area contributed by atoms with Crippen LogP contribution in [0.15, 0.2) is 39.7 Å². The second-order valence-corrected chi connectivity index (χ2v) is 8.80. The summed E-state index contributed by atoms with van der Waals surface area (Å²) in [5.41, 5.74) is 0.692. The molecule has 1 aromatic carbocycles. The molecule has 1 atom stereocenters. The zero-order chi connectivity index (χ0) is 17.2. The average molecular weight is 371 g/mol. The van der Waals surface area contributed by atoms with Crippen LogP contribution < -0.4 is 5.32 Å². The standard InChI is InChI=1S/C18H18N4OS2/c19-9-15-10-20-18(25-15)24-14-3-1-13(2-4-14)17(23)21-16-11-22-7-5-12(16)6-8-22/h1-4,10,12,16H,5-8,11H2,(H,21,23)/t16-/m0/s1. The number of nitriles is 1. The molecule has 1 amide bonds. The summed E-state index contributed by atoms with van der Waals surface area (Å²) in [5.74, 6) is 0.638. The van der Waals surface area contributed by atoms with Crippen LogP contribution in [0.3, 0.4) is 0 Å². The summed E-state index contributed by atoms with van der Waals surface area (Å²) in [6, 6.07) is 9.96. The van der Waals surface area contributed by atoms with E-state index in [9.17, 15) is 4.79 Å². The second-order valence-electron chi connectivity index (χ2n) is 6.45. The number of carbonyl (C=O) groups excluding carboxylic acids is 1. The first-order chi connectivity index (χ1) is 12.2. The average Bonchev–Trinajstić information content (AvgIpc) is 3.11. The van der Waals surface area contributed by atoms with E-state index in [0.29, 0.717) is 16.4 Å². The van der Waals surface area contributed by atoms with Crippen LogP contribution in [0.4, 0.5) is 0 Å². The number of nitrogens with zero attached hydrogens (tertiary/aromatic N) is 3. The summed E-state index contributed by atoms with van der Waals surface area (Å²) in [4.78, 5) is 20.8. The van der Waals surface area contributed by atoms with E-state index in [2.05, 4.69) is 21.3 Å². The maximum absolute atomic E-state index is 12.5. The summed E-state index contributed by atoms with van der Waals surface area (Å²) in [6.07, 6.45) is 3.97. The normalized spacial score (nSPS) is 24.7. The van der Waals surface area contributed by atoms with Crippen LogP contribution in [0.1, 0.15) is 28.1 Å². The third-order valence-electron chi connectivity index (χ3n) is 4.89. The minimum Gasteiger partial charge on any atom is -0.348 e. The number of carbonyl (C=O) groups is 1. The molecule has 128 valence electrons. The van der Waals surface area contributed by atoms with Crippen molar-refractivity contribution >= 4 is 29.0 Å². The highest BCUT2D eigenvalue weighted by molar-refractivity contribution is 8.01. The summed E-state index contributed by atoms with van der Waals surface area (Å²) >= 11 is 2.88. The highest BCUT2D eigenvalue weighted by atomic mass is 32.2. The lowest BCUT2D eigenvalue weighted by atomic mass is 9.84. The van der Waals surface area contributed by atoms with Gasteiger partial charge in [0.1, 0.15) is 10.9 Å². The number of thiazole rings is 1. The van der Waals surface area contributed by atoms with Crippen LogP contribution in [-0.4, -0.2) is 41.5 Å². The smallest absolute Gasteiger partial charge is 0.251 e. The maximum atomic E-state index is 12.5. The van der Waals surface area contributed by atoms with Crippen molar-refractivity contribution in [3.8, 4) is 6.07 Å². The summed E-state index contributed by atoms with van der Waals surface area (Å²) in [5, 5.41) is 12.1. The van der Waals surface area contributed by atoms with Gasteiger partial charge in [0.05, 0.1) is 6.20 Å². The number of piperidine rings is 3. The molecule has 3 fully saturated rings. The minimum atomic E-state index is 0.0105. The van der Waals surface area contributed by atoms with Gasteiger partial charge in [0.15, 0.2) is 4.34 Å². The number of hydrogen-bond acceptors (Lipinski definition) is 6. The Bertz CT molecular complexity index is 803. The Hall–Kier alpha value is -1.88. The van der Waals surface area contributed by atoms with Gasteiger partial charge in [-0.3, -0.25) is 4.79 Å². The molecule has 7 heteroatoms. The summed E-state index contributed by atoms with van der Waals surface area (Å²) in [6.45, 7) is 3.33. The molecule has 25 heavy (non-hydrogen) atoms. The van der Waals surface area contributed by atoms with Gasteiger partial charge in [-0.15, -0.1) is 0 Å². The SMILES string of the molecule is N#Cc1cnc(Sc2ccc(C(=O)N[C@H]3CN4CCC3CC4)cc2)s1. The predicted molar refractivity (Wildman–Crippen MR) is 97.8 cm³/mol. The highest BCUT2D eigenvalue weighted by Gasteiger charge is 2.34. The van der Waals surface area contributed by atoms with Gasteiger partial charge < -0.3 is 10.2 Å². The van der Waals surface area contributed by atoms with Crippen molar-refractivity contribution < 1.29 is 4.79 Å². The lowest BCUT2D eigenvalue weighted by molar-refractivity contribution is 0.0620. The minimum absolute atomic E-state index is 0.0105. The number of fused-ring (bicyclic) bond motifs is 3. The van der Waals surface area contributed by atoms with Crippen molar-refractivity contribution in [3.05, 3.63) is 40.9 Å². The fraction of sp³-hybridized carbons (Fsp3) is 0.389. The number of hydrogen-bond donors (Lipinski definition) is 1. The lowest BCUT2D eigenvalue weighted by Crippen LogP contribution is -2.57. The van der Waals surface area contributed by atoms with Gasteiger partial charge in [0, 0.05) is 23.0 Å². The quantitative estimate of drug-likeness (QED) is 0.896. The number of benzene rings is 1. The third kappa shape index (κ3) is 3.71. The molecule has 4 heterocycles. The molecular formula is C18H18N4OS2. The zero-order valence-electron chi connectivity index (χ0n) is 13.6. The van der Waals surface area contributed by atoms with E-state index in [1.165, 1.54) is 49.0 Å². The number of rotatable bonds is 4. The fourth-order valence-electron chi connectivity index (χ4n) is 3.51. The van der Waals surface area contributed by atoms with Gasteiger partial charge in [-0.05, 0) is 56.1 Å². The Labute approximate surface area is 155 Å². The van der Waals surface area contributed by atoms with Crippen LogP contribution in [0.5, 0.6) is 0 Å². The molecule has 5 nitrogen and oxygen atoms in total. The molecule has 1 N–H and O–H groups in total. The first kappa shape index (κ1) is 16.6. The predicted octanol–water partition coefficient (Wildman–Crippen LogP) is 2.99. The van der Waals surface area contributed by atoms with Crippen LogP contribution in [-0.2, 0) is 0 Å². The molecule has 0 unspecified atom stereocenters. The van der Waals surface area contributed by atoms with Gasteiger partial charge in [-0.25, -0.2) is 4.98 Å². The van der Waals surface area contributed by atoms with E-state index in [0.717, 1.165) is 15.8 Å². The van der Waals surface area contributed by atoms with Gasteiger partial charge in [0.25, 0.3) is 5.91 Å². The Morgan fingerprint density at radius 1 is 1.32 bits per heavy atom. The van der Waals surface area contributed by atoms with Crippen LogP contribution >= 0.6 is 23.1 Å². The molecule has 5 rings (SSSR count). The molecule has 0 aliphatic carbocycles. The van der Waals surface area contributed by atoms with Gasteiger partial charge in [-0.1, -0.05) is 23.1 Å². The van der Waals surface area contributed by atoms with E-state index in [4.69, 9.17) is 5.26 Å². The summed E-state index contributed by atoms with van der Waals surface area (Å²) < 4.78 is 0.834. The van der Waals surface area contributed by atoms with E-state index in [1.807, 2.05) is 24.3 Å². The Kier molecular flexibility index (Phi) is 4.75. The summed E-state index contributed by atoms with van der Waals surface area (Å²) in [7, 11) is 0. The van der Waals surface area contributed by atoms with Crippen molar-refractivity contribution in [1.29, 1.82) is 5.26 Å². The van der Waals surface area contributed by atoms with E-state index in [-0.39, 0.29) is 11.9 Å². The second kappa shape index (κ2) is 7.16. The van der Waals surface area contributed by atoms with E-state index in [1.54, 1.807) is 6.20 Å². The van der Waals surface area contributed by atoms with Gasteiger partial charge in [-0.2, -0.15) is 5.26 Å². The fourth-order valence-corrected chi connectivity index (χ4v) is 5.26. The monoisotopic (exact) mass is 370 g/mol. The van der Waals surface area contributed by atoms with E-state index < -0.39 is 0 Å². The molecule has 3 saturated heterocycles. The number of aromatic nitrogens is 1. The molecule has 0 spiro atoms. The Morgan fingerprint density at radius 3 is 2.68 bits per heavy atom. The topological polar surface area (TPSA) is 69.0 Å². The first-order valence-electron chi connectivity index (χ1n) is 8.38. The van der Waals surface area contributed by atoms with Crippen molar-refractivity contribution in [1.82, 2.24) is 15.2 Å². The molecule has 3 aliphatic heterocycles. The largest absolute Gasteiger partial charge is 0.348 e. The zero-order valence-corrected chi connectivity index (χ0v) is 15.3. The third-order valence-corrected chi connectivity index (χ3v) is 6.87. The molecular weight excluding hydrogens is 352 g/mol. The highest BCUT2D eigenvalue weighted by Crippen LogP contribution is 2.31.